The van der Waals surface area contributed by atoms with Crippen LogP contribution in [-0.2, 0) is 0 Å². The number of benzene rings is 1. The van der Waals surface area contributed by atoms with Crippen molar-refractivity contribution in [2.24, 2.45) is 5.92 Å². The highest BCUT2D eigenvalue weighted by Gasteiger charge is 2.22. The molecule has 80 valence electrons. The highest BCUT2D eigenvalue weighted by Crippen LogP contribution is 2.34. The SMILES string of the molecule is Cc1ccc(C(=O)CCC2CC2)cc1Br. The van der Waals surface area contributed by atoms with Gasteiger partial charge in [-0.05, 0) is 30.9 Å². The Labute approximate surface area is 99.0 Å². The summed E-state index contributed by atoms with van der Waals surface area (Å²) in [5.74, 6) is 1.12. The molecule has 0 aliphatic heterocycles. The first kappa shape index (κ1) is 10.9. The molecule has 0 atom stereocenters. The van der Waals surface area contributed by atoms with Crippen molar-refractivity contribution in [3.8, 4) is 0 Å². The van der Waals surface area contributed by atoms with E-state index in [0.717, 1.165) is 22.4 Å². The molecule has 1 aliphatic carbocycles. The van der Waals surface area contributed by atoms with Crippen molar-refractivity contribution in [2.75, 3.05) is 0 Å². The summed E-state index contributed by atoms with van der Waals surface area (Å²) in [6, 6.07) is 5.86. The Hall–Kier alpha value is -0.630. The predicted octanol–water partition coefficient (Wildman–Crippen LogP) is 4.13. The summed E-state index contributed by atoms with van der Waals surface area (Å²) in [5, 5.41) is 0. The number of ketones is 1. The van der Waals surface area contributed by atoms with Gasteiger partial charge in [-0.25, -0.2) is 0 Å². The summed E-state index contributed by atoms with van der Waals surface area (Å²) in [7, 11) is 0. The van der Waals surface area contributed by atoms with Crippen molar-refractivity contribution in [1.29, 1.82) is 0 Å². The average molecular weight is 267 g/mol. The maximum absolute atomic E-state index is 11.8. The van der Waals surface area contributed by atoms with Crippen LogP contribution in [-0.4, -0.2) is 5.78 Å². The molecule has 0 radical (unpaired) electrons. The third-order valence-electron chi connectivity index (χ3n) is 2.97. The van der Waals surface area contributed by atoms with E-state index < -0.39 is 0 Å². The van der Waals surface area contributed by atoms with E-state index in [0.29, 0.717) is 6.42 Å². The van der Waals surface area contributed by atoms with E-state index in [-0.39, 0.29) is 5.78 Å². The minimum atomic E-state index is 0.280. The number of aryl methyl sites for hydroxylation is 1. The number of carbonyl (C=O) groups excluding carboxylic acids is 1. The zero-order valence-electron chi connectivity index (χ0n) is 8.92. The molecule has 0 unspecified atom stereocenters. The second-order valence-corrected chi connectivity index (χ2v) is 5.22. The Morgan fingerprint density at radius 3 is 2.80 bits per heavy atom. The van der Waals surface area contributed by atoms with Crippen LogP contribution in [0, 0.1) is 12.8 Å². The van der Waals surface area contributed by atoms with Gasteiger partial charge in [-0.2, -0.15) is 0 Å². The monoisotopic (exact) mass is 266 g/mol. The van der Waals surface area contributed by atoms with Gasteiger partial charge in [-0.3, -0.25) is 4.79 Å². The maximum Gasteiger partial charge on any atom is 0.162 e. The predicted molar refractivity (Wildman–Crippen MR) is 65.2 cm³/mol. The second kappa shape index (κ2) is 4.48. The van der Waals surface area contributed by atoms with Gasteiger partial charge < -0.3 is 0 Å². The lowest BCUT2D eigenvalue weighted by Crippen LogP contribution is -1.99. The molecule has 1 saturated carbocycles. The molecule has 0 N–H and O–H groups in total. The molecular weight excluding hydrogens is 252 g/mol. The third kappa shape index (κ3) is 2.91. The van der Waals surface area contributed by atoms with E-state index in [1.165, 1.54) is 18.4 Å². The minimum absolute atomic E-state index is 0.280. The van der Waals surface area contributed by atoms with E-state index in [4.69, 9.17) is 0 Å². The lowest BCUT2D eigenvalue weighted by atomic mass is 10.0. The van der Waals surface area contributed by atoms with Gasteiger partial charge >= 0.3 is 0 Å². The average Bonchev–Trinajstić information content (AvgIpc) is 3.02. The highest BCUT2D eigenvalue weighted by atomic mass is 79.9. The quantitative estimate of drug-likeness (QED) is 0.749. The van der Waals surface area contributed by atoms with Crippen molar-refractivity contribution in [3.05, 3.63) is 33.8 Å². The van der Waals surface area contributed by atoms with Gasteiger partial charge in [0.25, 0.3) is 0 Å². The van der Waals surface area contributed by atoms with Gasteiger partial charge in [0.2, 0.25) is 0 Å². The second-order valence-electron chi connectivity index (χ2n) is 4.37. The number of Topliss-reactive ketones (excluding diaryl/α,β-unsaturated/α-hetero) is 1. The Kier molecular flexibility index (Phi) is 3.25. The number of carbonyl (C=O) groups is 1. The van der Waals surface area contributed by atoms with E-state index in [1.807, 2.05) is 25.1 Å². The molecule has 1 aromatic rings. The van der Waals surface area contributed by atoms with Crippen molar-refractivity contribution in [3.63, 3.8) is 0 Å². The van der Waals surface area contributed by atoms with E-state index in [1.54, 1.807) is 0 Å². The van der Waals surface area contributed by atoms with Crippen molar-refractivity contribution in [2.45, 2.75) is 32.6 Å². The van der Waals surface area contributed by atoms with Crippen molar-refractivity contribution >= 4 is 21.7 Å². The molecule has 15 heavy (non-hydrogen) atoms. The normalized spacial score (nSPS) is 15.3. The van der Waals surface area contributed by atoms with Crippen LogP contribution < -0.4 is 0 Å². The molecule has 0 bridgehead atoms. The summed E-state index contributed by atoms with van der Waals surface area (Å²) in [5.41, 5.74) is 2.02. The van der Waals surface area contributed by atoms with Crippen LogP contribution in [0.5, 0.6) is 0 Å². The van der Waals surface area contributed by atoms with E-state index in [9.17, 15) is 4.79 Å². The van der Waals surface area contributed by atoms with Crippen LogP contribution >= 0.6 is 15.9 Å². The Morgan fingerprint density at radius 1 is 1.47 bits per heavy atom. The van der Waals surface area contributed by atoms with E-state index >= 15 is 0 Å². The summed E-state index contributed by atoms with van der Waals surface area (Å²) < 4.78 is 1.03. The molecule has 2 rings (SSSR count). The molecule has 2 heteroatoms. The van der Waals surface area contributed by atoms with Gasteiger partial charge in [0, 0.05) is 16.5 Å². The fraction of sp³-hybridized carbons (Fsp3) is 0.462. The zero-order chi connectivity index (χ0) is 10.8. The molecule has 0 spiro atoms. The maximum atomic E-state index is 11.8. The largest absolute Gasteiger partial charge is 0.294 e. The summed E-state index contributed by atoms with van der Waals surface area (Å²) in [6.07, 6.45) is 4.43. The van der Waals surface area contributed by atoms with Crippen LogP contribution in [0.2, 0.25) is 0 Å². The Bertz CT molecular complexity index is 380. The molecule has 1 nitrogen and oxygen atoms in total. The molecule has 1 aliphatic rings. The molecule has 0 aromatic heterocycles. The first-order chi connectivity index (χ1) is 7.16. The molecule has 0 heterocycles. The topological polar surface area (TPSA) is 17.1 Å². The van der Waals surface area contributed by atoms with Gasteiger partial charge in [-0.1, -0.05) is 40.9 Å². The summed E-state index contributed by atoms with van der Waals surface area (Å²) in [4.78, 5) is 11.8. The standard InChI is InChI=1S/C13H15BrO/c1-9-2-6-11(8-12(9)14)13(15)7-5-10-3-4-10/h2,6,8,10H,3-5,7H2,1H3. The van der Waals surface area contributed by atoms with E-state index in [2.05, 4.69) is 15.9 Å². The third-order valence-corrected chi connectivity index (χ3v) is 3.82. The van der Waals surface area contributed by atoms with Gasteiger partial charge in [0.05, 0.1) is 0 Å². The van der Waals surface area contributed by atoms with Gasteiger partial charge in [-0.15, -0.1) is 0 Å². The number of rotatable bonds is 4. The smallest absolute Gasteiger partial charge is 0.162 e. The Morgan fingerprint density at radius 2 is 2.20 bits per heavy atom. The number of hydrogen-bond acceptors (Lipinski definition) is 1. The molecule has 1 fully saturated rings. The lowest BCUT2D eigenvalue weighted by molar-refractivity contribution is 0.0978. The van der Waals surface area contributed by atoms with Crippen LogP contribution in [0.3, 0.4) is 0 Å². The first-order valence-electron chi connectivity index (χ1n) is 5.46. The van der Waals surface area contributed by atoms with Gasteiger partial charge in [0.1, 0.15) is 0 Å². The molecule has 1 aromatic carbocycles. The highest BCUT2D eigenvalue weighted by molar-refractivity contribution is 9.10. The molecule has 0 amide bonds. The van der Waals surface area contributed by atoms with Crippen molar-refractivity contribution in [1.82, 2.24) is 0 Å². The van der Waals surface area contributed by atoms with Gasteiger partial charge in [0.15, 0.2) is 5.78 Å². The summed E-state index contributed by atoms with van der Waals surface area (Å²) >= 11 is 3.45. The van der Waals surface area contributed by atoms with Crippen LogP contribution in [0.15, 0.2) is 22.7 Å². The zero-order valence-corrected chi connectivity index (χ0v) is 10.5. The summed E-state index contributed by atoms with van der Waals surface area (Å²) in [6.45, 7) is 2.03. The molecular formula is C13H15BrO. The molecule has 0 saturated heterocycles. The fourth-order valence-electron chi connectivity index (χ4n) is 1.65. The first-order valence-corrected chi connectivity index (χ1v) is 6.25. The van der Waals surface area contributed by atoms with Crippen molar-refractivity contribution < 1.29 is 4.79 Å². The van der Waals surface area contributed by atoms with Crippen LogP contribution in [0.25, 0.3) is 0 Å². The Balaban J connectivity index is 2.00. The minimum Gasteiger partial charge on any atom is -0.294 e. The van der Waals surface area contributed by atoms with Crippen LogP contribution in [0.1, 0.15) is 41.6 Å². The number of hydrogen-bond donors (Lipinski definition) is 0. The fourth-order valence-corrected chi connectivity index (χ4v) is 2.03. The van der Waals surface area contributed by atoms with Crippen LogP contribution in [0.4, 0.5) is 0 Å². The number of halogens is 1. The lowest BCUT2D eigenvalue weighted by Gasteiger charge is -2.03.